The van der Waals surface area contributed by atoms with Crippen LogP contribution in [0.2, 0.25) is 0 Å². The molecule has 0 aliphatic carbocycles. The summed E-state index contributed by atoms with van der Waals surface area (Å²) in [5.41, 5.74) is 2.51. The van der Waals surface area contributed by atoms with Gasteiger partial charge in [0, 0.05) is 5.92 Å². The highest BCUT2D eigenvalue weighted by Crippen LogP contribution is 2.02. The van der Waals surface area contributed by atoms with Crippen LogP contribution >= 0.6 is 0 Å². The third kappa shape index (κ3) is 2.59. The molecule has 0 bridgehead atoms. The highest BCUT2D eigenvalue weighted by Gasteiger charge is 1.96. The van der Waals surface area contributed by atoms with Crippen molar-refractivity contribution < 1.29 is 4.39 Å². The Morgan fingerprint density at radius 2 is 2.38 bits per heavy atom. The summed E-state index contributed by atoms with van der Waals surface area (Å²) in [4.78, 5) is 0. The molecule has 0 rings (SSSR count). The topological polar surface area (TPSA) is 0 Å². The molecular weight excluding hydrogens is 103 g/mol. The molecule has 0 spiro atoms. The van der Waals surface area contributed by atoms with E-state index in [0.29, 0.717) is 6.42 Å². The molecule has 0 N–H and O–H groups in total. The van der Waals surface area contributed by atoms with Crippen molar-refractivity contribution in [3.63, 3.8) is 0 Å². The van der Waals surface area contributed by atoms with Gasteiger partial charge in [-0.15, -0.1) is 5.73 Å². The SMILES string of the molecule is [CH2]CC(C=C=C)CF. The lowest BCUT2D eigenvalue weighted by Crippen LogP contribution is -1.94. The third-order valence-electron chi connectivity index (χ3n) is 0.923. The van der Waals surface area contributed by atoms with Gasteiger partial charge >= 0.3 is 0 Å². The largest absolute Gasteiger partial charge is 0.250 e. The molecule has 0 aliphatic rings. The molecule has 45 valence electrons. The van der Waals surface area contributed by atoms with Gasteiger partial charge in [-0.25, -0.2) is 0 Å². The first kappa shape index (κ1) is 7.45. The standard InChI is InChI=1S/C7H10F/c1-3-5-7(4-2)6-8/h5,7H,1-2,4,6H2. The van der Waals surface area contributed by atoms with Crippen molar-refractivity contribution in [2.24, 2.45) is 5.92 Å². The lowest BCUT2D eigenvalue weighted by Gasteiger charge is -1.98. The van der Waals surface area contributed by atoms with E-state index in [0.717, 1.165) is 0 Å². The molecule has 0 aliphatic heterocycles. The summed E-state index contributed by atoms with van der Waals surface area (Å²) >= 11 is 0. The van der Waals surface area contributed by atoms with Crippen molar-refractivity contribution in [3.8, 4) is 0 Å². The summed E-state index contributed by atoms with van der Waals surface area (Å²) in [6, 6.07) is 0. The van der Waals surface area contributed by atoms with Gasteiger partial charge in [0.15, 0.2) is 0 Å². The summed E-state index contributed by atoms with van der Waals surface area (Å²) in [6.45, 7) is 6.50. The number of hydrogen-bond acceptors (Lipinski definition) is 0. The molecule has 1 unspecified atom stereocenters. The van der Waals surface area contributed by atoms with Gasteiger partial charge in [-0.05, 0) is 12.5 Å². The maximum atomic E-state index is 11.7. The second-order valence-electron chi connectivity index (χ2n) is 1.57. The lowest BCUT2D eigenvalue weighted by molar-refractivity contribution is 0.412. The highest BCUT2D eigenvalue weighted by molar-refractivity contribution is 4.84. The monoisotopic (exact) mass is 113 g/mol. The van der Waals surface area contributed by atoms with Crippen LogP contribution in [0.1, 0.15) is 6.42 Å². The predicted molar refractivity (Wildman–Crippen MR) is 33.1 cm³/mol. The van der Waals surface area contributed by atoms with Crippen molar-refractivity contribution in [3.05, 3.63) is 25.3 Å². The fraction of sp³-hybridized carbons (Fsp3) is 0.429. The quantitative estimate of drug-likeness (QED) is 0.492. The first-order chi connectivity index (χ1) is 3.85. The van der Waals surface area contributed by atoms with Gasteiger partial charge in [0.1, 0.15) is 0 Å². The van der Waals surface area contributed by atoms with Crippen LogP contribution in [0.3, 0.4) is 0 Å². The molecule has 1 heteroatoms. The second-order valence-corrected chi connectivity index (χ2v) is 1.57. The van der Waals surface area contributed by atoms with E-state index in [9.17, 15) is 4.39 Å². The third-order valence-corrected chi connectivity index (χ3v) is 0.923. The van der Waals surface area contributed by atoms with Crippen LogP contribution in [0.25, 0.3) is 0 Å². The molecule has 0 saturated carbocycles. The lowest BCUT2D eigenvalue weighted by atomic mass is 10.1. The van der Waals surface area contributed by atoms with E-state index in [4.69, 9.17) is 0 Å². The van der Waals surface area contributed by atoms with Crippen LogP contribution in [-0.2, 0) is 0 Å². The van der Waals surface area contributed by atoms with Gasteiger partial charge < -0.3 is 0 Å². The van der Waals surface area contributed by atoms with Crippen molar-refractivity contribution in [2.75, 3.05) is 6.67 Å². The van der Waals surface area contributed by atoms with Crippen LogP contribution in [-0.4, -0.2) is 6.67 Å². The fourth-order valence-corrected chi connectivity index (χ4v) is 0.372. The first-order valence-corrected chi connectivity index (χ1v) is 2.56. The Balaban J connectivity index is 3.52. The van der Waals surface area contributed by atoms with Crippen LogP contribution in [0.5, 0.6) is 0 Å². The number of halogens is 1. The maximum absolute atomic E-state index is 11.7. The van der Waals surface area contributed by atoms with Gasteiger partial charge in [-0.1, -0.05) is 13.5 Å². The molecule has 1 radical (unpaired) electrons. The van der Waals surface area contributed by atoms with Crippen molar-refractivity contribution in [1.82, 2.24) is 0 Å². The van der Waals surface area contributed by atoms with Crippen molar-refractivity contribution >= 4 is 0 Å². The Bertz CT molecular complexity index is 86.6. The van der Waals surface area contributed by atoms with E-state index in [1.165, 1.54) is 0 Å². The summed E-state index contributed by atoms with van der Waals surface area (Å²) < 4.78 is 11.7. The van der Waals surface area contributed by atoms with Crippen LogP contribution in [0, 0.1) is 12.8 Å². The van der Waals surface area contributed by atoms with E-state index >= 15 is 0 Å². The summed E-state index contributed by atoms with van der Waals surface area (Å²) in [7, 11) is 0. The molecule has 0 aromatic rings. The fourth-order valence-electron chi connectivity index (χ4n) is 0.372. The average molecular weight is 113 g/mol. The van der Waals surface area contributed by atoms with Gasteiger partial charge in [0.2, 0.25) is 0 Å². The molecule has 0 amide bonds. The Morgan fingerprint density at radius 1 is 1.75 bits per heavy atom. The van der Waals surface area contributed by atoms with Crippen LogP contribution < -0.4 is 0 Å². The Hall–Kier alpha value is -0.550. The molecule has 0 aromatic heterocycles. The predicted octanol–water partition coefficient (Wildman–Crippen LogP) is 2.14. The molecule has 0 fully saturated rings. The van der Waals surface area contributed by atoms with Crippen molar-refractivity contribution in [1.29, 1.82) is 0 Å². The van der Waals surface area contributed by atoms with Gasteiger partial charge in [-0.2, -0.15) is 0 Å². The Labute approximate surface area is 49.7 Å². The highest BCUT2D eigenvalue weighted by atomic mass is 19.1. The van der Waals surface area contributed by atoms with E-state index in [1.54, 1.807) is 6.08 Å². The number of allylic oxidation sites excluding steroid dienone is 1. The zero-order chi connectivity index (χ0) is 6.41. The zero-order valence-corrected chi connectivity index (χ0v) is 4.86. The molecular formula is C7H10F. The van der Waals surface area contributed by atoms with E-state index in [-0.39, 0.29) is 12.6 Å². The summed E-state index contributed by atoms with van der Waals surface area (Å²) in [5, 5.41) is 0. The number of hydrogen-bond donors (Lipinski definition) is 0. The normalized spacial score (nSPS) is 12.2. The molecule has 0 saturated heterocycles. The van der Waals surface area contributed by atoms with E-state index in [2.05, 4.69) is 19.2 Å². The van der Waals surface area contributed by atoms with Crippen LogP contribution in [0.15, 0.2) is 18.4 Å². The molecule has 0 nitrogen and oxygen atoms in total. The van der Waals surface area contributed by atoms with Gasteiger partial charge in [0.05, 0.1) is 6.67 Å². The summed E-state index contributed by atoms with van der Waals surface area (Å²) in [6.07, 6.45) is 2.19. The Kier molecular flexibility index (Phi) is 4.29. The molecule has 8 heavy (non-hydrogen) atoms. The molecule has 0 aromatic carbocycles. The van der Waals surface area contributed by atoms with Gasteiger partial charge in [0.25, 0.3) is 0 Å². The number of rotatable bonds is 3. The second kappa shape index (κ2) is 4.61. The first-order valence-electron chi connectivity index (χ1n) is 2.56. The molecule has 1 atom stereocenters. The Morgan fingerprint density at radius 3 is 2.50 bits per heavy atom. The van der Waals surface area contributed by atoms with E-state index < -0.39 is 0 Å². The zero-order valence-electron chi connectivity index (χ0n) is 4.86. The minimum Gasteiger partial charge on any atom is -0.250 e. The molecule has 0 heterocycles. The maximum Gasteiger partial charge on any atom is 0.0963 e. The van der Waals surface area contributed by atoms with E-state index in [1.807, 2.05) is 0 Å². The van der Waals surface area contributed by atoms with Crippen LogP contribution in [0.4, 0.5) is 4.39 Å². The smallest absolute Gasteiger partial charge is 0.0963 e. The summed E-state index contributed by atoms with van der Waals surface area (Å²) in [5.74, 6) is -0.0764. The average Bonchev–Trinajstić information content (AvgIpc) is 1.83. The number of alkyl halides is 1. The van der Waals surface area contributed by atoms with Crippen molar-refractivity contribution in [2.45, 2.75) is 6.42 Å². The minimum absolute atomic E-state index is 0.0764. The minimum atomic E-state index is -0.355. The van der Waals surface area contributed by atoms with Gasteiger partial charge in [-0.3, -0.25) is 4.39 Å².